The smallest absolute Gasteiger partial charge is 0.258 e. The lowest BCUT2D eigenvalue weighted by molar-refractivity contribution is 0.0756. The van der Waals surface area contributed by atoms with E-state index in [1.165, 1.54) is 6.07 Å². The number of hydrogen-bond donors (Lipinski definition) is 1. The molecule has 1 aromatic heterocycles. The maximum Gasteiger partial charge on any atom is 0.258 e. The second-order valence-corrected chi connectivity index (χ2v) is 7.76. The summed E-state index contributed by atoms with van der Waals surface area (Å²) in [5, 5.41) is 12.0. The van der Waals surface area contributed by atoms with Crippen molar-refractivity contribution in [3.05, 3.63) is 59.2 Å². The van der Waals surface area contributed by atoms with E-state index in [4.69, 9.17) is 10.00 Å². The topological polar surface area (TPSA) is 100 Å². The SMILES string of the molecule is COCCCn1c(NC(=O)c2cccc(C#N)c2)nc2cccc(C(=O)N(C)C(C)C)c21. The first-order chi connectivity index (χ1) is 15.4. The molecule has 1 heterocycles. The second kappa shape index (κ2) is 10.1. The second-order valence-electron chi connectivity index (χ2n) is 7.76. The average molecular weight is 434 g/mol. The van der Waals surface area contributed by atoms with Crippen LogP contribution in [0.2, 0.25) is 0 Å². The van der Waals surface area contributed by atoms with E-state index in [9.17, 15) is 9.59 Å². The summed E-state index contributed by atoms with van der Waals surface area (Å²) >= 11 is 0. The van der Waals surface area contributed by atoms with Gasteiger partial charge in [0.2, 0.25) is 5.95 Å². The highest BCUT2D eigenvalue weighted by molar-refractivity contribution is 6.07. The van der Waals surface area contributed by atoms with Gasteiger partial charge in [-0.1, -0.05) is 12.1 Å². The molecule has 1 N–H and O–H groups in total. The normalized spacial score (nSPS) is 10.9. The molecule has 8 nitrogen and oxygen atoms in total. The van der Waals surface area contributed by atoms with Crippen molar-refractivity contribution in [3.8, 4) is 6.07 Å². The zero-order valence-electron chi connectivity index (χ0n) is 18.8. The molecule has 0 aliphatic rings. The lowest BCUT2D eigenvalue weighted by Gasteiger charge is -2.22. The van der Waals surface area contributed by atoms with Gasteiger partial charge < -0.3 is 14.2 Å². The minimum absolute atomic E-state index is 0.0363. The molecule has 3 aromatic rings. The first-order valence-corrected chi connectivity index (χ1v) is 10.4. The van der Waals surface area contributed by atoms with Gasteiger partial charge in [-0.3, -0.25) is 14.9 Å². The monoisotopic (exact) mass is 433 g/mol. The Bertz CT molecular complexity index is 1180. The summed E-state index contributed by atoms with van der Waals surface area (Å²) in [6, 6.07) is 13.9. The van der Waals surface area contributed by atoms with Crippen LogP contribution in [-0.2, 0) is 11.3 Å². The molecule has 0 radical (unpaired) electrons. The summed E-state index contributed by atoms with van der Waals surface area (Å²) in [4.78, 5) is 32.3. The number of nitrogens with zero attached hydrogens (tertiary/aromatic N) is 4. The quantitative estimate of drug-likeness (QED) is 0.546. The number of hydrogen-bond acceptors (Lipinski definition) is 5. The Hall–Kier alpha value is -3.70. The van der Waals surface area contributed by atoms with Gasteiger partial charge >= 0.3 is 0 Å². The summed E-state index contributed by atoms with van der Waals surface area (Å²) in [6.45, 7) is 4.94. The Labute approximate surface area is 187 Å². The highest BCUT2D eigenvalue weighted by Gasteiger charge is 2.22. The van der Waals surface area contributed by atoms with E-state index in [2.05, 4.69) is 10.3 Å². The predicted octanol–water partition coefficient (Wildman–Crippen LogP) is 3.68. The number of carbonyl (C=O) groups is 2. The molecule has 2 amide bonds. The van der Waals surface area contributed by atoms with E-state index in [1.54, 1.807) is 49.4 Å². The minimum Gasteiger partial charge on any atom is -0.385 e. The summed E-state index contributed by atoms with van der Waals surface area (Å²) in [5.74, 6) is -0.147. The molecule has 0 atom stereocenters. The van der Waals surface area contributed by atoms with Gasteiger partial charge in [0, 0.05) is 38.9 Å². The van der Waals surface area contributed by atoms with Crippen molar-refractivity contribution >= 4 is 28.8 Å². The number of imidazole rings is 1. The van der Waals surface area contributed by atoms with E-state index in [0.29, 0.717) is 53.2 Å². The van der Waals surface area contributed by atoms with Gasteiger partial charge in [-0.15, -0.1) is 0 Å². The van der Waals surface area contributed by atoms with Crippen molar-refractivity contribution in [3.63, 3.8) is 0 Å². The first kappa shape index (κ1) is 23.0. The summed E-state index contributed by atoms with van der Waals surface area (Å²) in [7, 11) is 3.39. The molecule has 0 unspecified atom stereocenters. The molecule has 8 heteroatoms. The third kappa shape index (κ3) is 4.79. The van der Waals surface area contributed by atoms with Gasteiger partial charge in [0.15, 0.2) is 0 Å². The van der Waals surface area contributed by atoms with Gasteiger partial charge in [-0.2, -0.15) is 5.26 Å². The van der Waals surface area contributed by atoms with E-state index in [1.807, 2.05) is 30.6 Å². The van der Waals surface area contributed by atoms with Crippen LogP contribution >= 0.6 is 0 Å². The number of carbonyl (C=O) groups excluding carboxylic acids is 2. The molecule has 0 aliphatic carbocycles. The van der Waals surface area contributed by atoms with Crippen LogP contribution in [-0.4, -0.2) is 53.1 Å². The van der Waals surface area contributed by atoms with Crippen molar-refractivity contribution in [1.82, 2.24) is 14.5 Å². The van der Waals surface area contributed by atoms with E-state index >= 15 is 0 Å². The van der Waals surface area contributed by atoms with Gasteiger partial charge in [-0.05, 0) is 50.6 Å². The Kier molecular flexibility index (Phi) is 7.23. The Balaban J connectivity index is 2.06. The van der Waals surface area contributed by atoms with E-state index < -0.39 is 0 Å². The molecule has 0 bridgehead atoms. The Morgan fingerprint density at radius 2 is 2.00 bits per heavy atom. The number of fused-ring (bicyclic) bond motifs is 1. The van der Waals surface area contributed by atoms with Crippen LogP contribution in [0.15, 0.2) is 42.5 Å². The number of ether oxygens (including phenoxy) is 1. The number of anilines is 1. The fraction of sp³-hybridized carbons (Fsp3) is 0.333. The van der Waals surface area contributed by atoms with Crippen molar-refractivity contribution in [1.29, 1.82) is 5.26 Å². The molecule has 2 aromatic carbocycles. The molecule has 0 saturated carbocycles. The van der Waals surface area contributed by atoms with Crippen molar-refractivity contribution in [2.75, 3.05) is 26.1 Å². The predicted molar refractivity (Wildman–Crippen MR) is 123 cm³/mol. The van der Waals surface area contributed by atoms with Crippen LogP contribution in [0.3, 0.4) is 0 Å². The maximum atomic E-state index is 13.1. The van der Waals surface area contributed by atoms with Crippen LogP contribution in [0.25, 0.3) is 11.0 Å². The number of benzene rings is 2. The van der Waals surface area contributed by atoms with E-state index in [-0.39, 0.29) is 17.9 Å². The van der Waals surface area contributed by atoms with Crippen LogP contribution in [0.5, 0.6) is 0 Å². The van der Waals surface area contributed by atoms with Gasteiger partial charge in [-0.25, -0.2) is 4.98 Å². The Morgan fingerprint density at radius 1 is 1.25 bits per heavy atom. The summed E-state index contributed by atoms with van der Waals surface area (Å²) in [5.41, 5.74) is 2.57. The highest BCUT2D eigenvalue weighted by Crippen LogP contribution is 2.26. The standard InChI is InChI=1S/C24H27N5O3/c1-16(2)28(3)23(31)19-10-6-11-20-21(19)29(12-7-13-32-4)24(26-20)27-22(30)18-9-5-8-17(14-18)15-25/h5-6,8-11,14,16H,7,12-13H2,1-4H3,(H,26,27,30). The molecule has 0 saturated heterocycles. The molecule has 166 valence electrons. The number of nitrogens with one attached hydrogen (secondary N) is 1. The van der Waals surface area contributed by atoms with Crippen molar-refractivity contribution in [2.45, 2.75) is 32.9 Å². The van der Waals surface area contributed by atoms with E-state index in [0.717, 1.165) is 0 Å². The zero-order chi connectivity index (χ0) is 23.3. The van der Waals surface area contributed by atoms with Crippen molar-refractivity contribution in [2.24, 2.45) is 0 Å². The first-order valence-electron chi connectivity index (χ1n) is 10.4. The molecule has 3 rings (SSSR count). The third-order valence-electron chi connectivity index (χ3n) is 5.30. The molecule has 0 spiro atoms. The number of nitriles is 1. The highest BCUT2D eigenvalue weighted by atomic mass is 16.5. The number of amides is 2. The number of methoxy groups -OCH3 is 1. The van der Waals surface area contributed by atoms with Crippen LogP contribution in [0, 0.1) is 11.3 Å². The Morgan fingerprint density at radius 3 is 2.69 bits per heavy atom. The lowest BCUT2D eigenvalue weighted by atomic mass is 10.1. The summed E-state index contributed by atoms with van der Waals surface area (Å²) in [6.07, 6.45) is 0.678. The average Bonchev–Trinajstić information content (AvgIpc) is 3.15. The number of rotatable bonds is 8. The number of aromatic nitrogens is 2. The number of aryl methyl sites for hydroxylation is 1. The summed E-state index contributed by atoms with van der Waals surface area (Å²) < 4.78 is 7.04. The fourth-order valence-electron chi connectivity index (χ4n) is 3.37. The molecule has 0 fully saturated rings. The van der Waals surface area contributed by atoms with Gasteiger partial charge in [0.25, 0.3) is 11.8 Å². The fourth-order valence-corrected chi connectivity index (χ4v) is 3.37. The molecular weight excluding hydrogens is 406 g/mol. The molecular formula is C24H27N5O3. The van der Waals surface area contributed by atoms with Crippen LogP contribution < -0.4 is 5.32 Å². The van der Waals surface area contributed by atoms with Gasteiger partial charge in [0.05, 0.1) is 28.2 Å². The minimum atomic E-state index is -0.377. The van der Waals surface area contributed by atoms with Gasteiger partial charge in [0.1, 0.15) is 0 Å². The zero-order valence-corrected chi connectivity index (χ0v) is 18.8. The molecule has 0 aliphatic heterocycles. The maximum absolute atomic E-state index is 13.1. The number of para-hydroxylation sites is 1. The lowest BCUT2D eigenvalue weighted by Crippen LogP contribution is -2.33. The van der Waals surface area contributed by atoms with Crippen LogP contribution in [0.1, 0.15) is 46.5 Å². The van der Waals surface area contributed by atoms with Crippen molar-refractivity contribution < 1.29 is 14.3 Å². The third-order valence-corrected chi connectivity index (χ3v) is 5.30. The van der Waals surface area contributed by atoms with Crippen LogP contribution in [0.4, 0.5) is 5.95 Å². The molecule has 32 heavy (non-hydrogen) atoms. The largest absolute Gasteiger partial charge is 0.385 e.